The van der Waals surface area contributed by atoms with Crippen LogP contribution in [0.5, 0.6) is 0 Å². The summed E-state index contributed by atoms with van der Waals surface area (Å²) in [6.07, 6.45) is 2.28. The van der Waals surface area contributed by atoms with Gasteiger partial charge in [-0.1, -0.05) is 48.5 Å². The zero-order valence-corrected chi connectivity index (χ0v) is 12.0. The average molecular weight is 272 g/mol. The maximum Gasteiger partial charge on any atom is 0.159 e. The Labute approximate surface area is 124 Å². The third kappa shape index (κ3) is 1.89. The van der Waals surface area contributed by atoms with Crippen LogP contribution < -0.4 is 0 Å². The Balaban J connectivity index is 2.00. The fourth-order valence-corrected chi connectivity index (χ4v) is 3.40. The highest BCUT2D eigenvalue weighted by molar-refractivity contribution is 6.02. The molecule has 0 N–H and O–H groups in total. The van der Waals surface area contributed by atoms with Gasteiger partial charge in [-0.2, -0.15) is 0 Å². The average Bonchev–Trinajstić information content (AvgIpc) is 2.93. The van der Waals surface area contributed by atoms with Crippen molar-refractivity contribution in [1.29, 1.82) is 0 Å². The smallest absolute Gasteiger partial charge is 0.159 e. The van der Waals surface area contributed by atoms with Crippen molar-refractivity contribution < 1.29 is 4.79 Å². The van der Waals surface area contributed by atoms with Crippen molar-refractivity contribution in [2.75, 3.05) is 0 Å². The van der Waals surface area contributed by atoms with Gasteiger partial charge in [0.05, 0.1) is 0 Å². The van der Waals surface area contributed by atoms with Gasteiger partial charge in [0, 0.05) is 5.56 Å². The zero-order chi connectivity index (χ0) is 14.4. The highest BCUT2D eigenvalue weighted by atomic mass is 16.1. The molecular formula is C20H16O. The molecule has 0 saturated heterocycles. The van der Waals surface area contributed by atoms with Gasteiger partial charge in [-0.3, -0.25) is 4.79 Å². The lowest BCUT2D eigenvalue weighted by Gasteiger charge is -2.10. The molecule has 0 fully saturated rings. The first-order chi connectivity index (χ1) is 10.2. The Morgan fingerprint density at radius 1 is 0.905 bits per heavy atom. The highest BCUT2D eigenvalue weighted by Crippen LogP contribution is 2.37. The lowest BCUT2D eigenvalue weighted by atomic mass is 9.94. The van der Waals surface area contributed by atoms with Crippen LogP contribution in [0.4, 0.5) is 0 Å². The largest absolute Gasteiger partial charge is 0.295 e. The Bertz CT molecular complexity index is 864. The third-order valence-corrected chi connectivity index (χ3v) is 4.46. The second-order valence-electron chi connectivity index (χ2n) is 5.75. The van der Waals surface area contributed by atoms with E-state index in [4.69, 9.17) is 0 Å². The van der Waals surface area contributed by atoms with Gasteiger partial charge in [-0.15, -0.1) is 0 Å². The molecule has 1 heteroatoms. The summed E-state index contributed by atoms with van der Waals surface area (Å²) in [6, 6.07) is 19.0. The summed E-state index contributed by atoms with van der Waals surface area (Å²) in [5.74, 6) is 0.114. The van der Waals surface area contributed by atoms with E-state index in [1.54, 1.807) is 6.92 Å². The van der Waals surface area contributed by atoms with Crippen molar-refractivity contribution in [1.82, 2.24) is 0 Å². The van der Waals surface area contributed by atoms with Crippen molar-refractivity contribution in [3.63, 3.8) is 0 Å². The van der Waals surface area contributed by atoms with Crippen LogP contribution in [0.1, 0.15) is 28.4 Å². The molecule has 0 spiro atoms. The molecule has 0 heterocycles. The summed E-state index contributed by atoms with van der Waals surface area (Å²) in [4.78, 5) is 11.6. The molecule has 3 aromatic carbocycles. The minimum Gasteiger partial charge on any atom is -0.295 e. The molecule has 4 rings (SSSR count). The first-order valence-electron chi connectivity index (χ1n) is 7.39. The van der Waals surface area contributed by atoms with Crippen molar-refractivity contribution in [3.05, 3.63) is 71.3 Å². The van der Waals surface area contributed by atoms with Crippen molar-refractivity contribution in [2.24, 2.45) is 0 Å². The molecule has 1 nitrogen and oxygen atoms in total. The van der Waals surface area contributed by atoms with Gasteiger partial charge in [0.1, 0.15) is 0 Å². The van der Waals surface area contributed by atoms with E-state index in [-0.39, 0.29) is 5.78 Å². The topological polar surface area (TPSA) is 17.1 Å². The normalized spacial score (nSPS) is 12.8. The van der Waals surface area contributed by atoms with Crippen LogP contribution in [0.3, 0.4) is 0 Å². The summed E-state index contributed by atoms with van der Waals surface area (Å²) in [7, 11) is 0. The number of hydrogen-bond donors (Lipinski definition) is 0. The van der Waals surface area contributed by atoms with Crippen LogP contribution >= 0.6 is 0 Å². The van der Waals surface area contributed by atoms with Gasteiger partial charge in [-0.25, -0.2) is 0 Å². The van der Waals surface area contributed by atoms with Gasteiger partial charge in [-0.05, 0) is 58.9 Å². The van der Waals surface area contributed by atoms with Gasteiger partial charge < -0.3 is 0 Å². The zero-order valence-electron chi connectivity index (χ0n) is 12.0. The SMILES string of the molecule is CC(=O)c1cccc(-c2ccc3c4c(cccc24)CC3)c1. The van der Waals surface area contributed by atoms with Crippen molar-refractivity contribution in [3.8, 4) is 11.1 Å². The number of Topliss-reactive ketones (excluding diaryl/α,β-unsaturated/α-hetero) is 1. The summed E-state index contributed by atoms with van der Waals surface area (Å²) in [5.41, 5.74) is 6.02. The monoisotopic (exact) mass is 272 g/mol. The number of carbonyl (C=O) groups excluding carboxylic acids is 1. The van der Waals surface area contributed by atoms with Crippen molar-refractivity contribution >= 4 is 16.6 Å². The Morgan fingerprint density at radius 3 is 2.48 bits per heavy atom. The van der Waals surface area contributed by atoms with E-state index in [2.05, 4.69) is 36.4 Å². The summed E-state index contributed by atoms with van der Waals surface area (Å²) >= 11 is 0. The molecule has 0 aliphatic heterocycles. The predicted octanol–water partition coefficient (Wildman–Crippen LogP) is 4.81. The number of ketones is 1. The number of rotatable bonds is 2. The summed E-state index contributed by atoms with van der Waals surface area (Å²) < 4.78 is 0. The maximum atomic E-state index is 11.6. The quantitative estimate of drug-likeness (QED) is 0.612. The second-order valence-corrected chi connectivity index (χ2v) is 5.75. The fraction of sp³-hybridized carbons (Fsp3) is 0.150. The molecule has 0 radical (unpaired) electrons. The van der Waals surface area contributed by atoms with E-state index < -0.39 is 0 Å². The number of aryl methyl sites for hydroxylation is 2. The van der Waals surface area contributed by atoms with Crippen LogP contribution in [0, 0.1) is 0 Å². The molecule has 0 aromatic heterocycles. The van der Waals surface area contributed by atoms with Crippen LogP contribution in [-0.2, 0) is 12.8 Å². The van der Waals surface area contributed by atoms with Gasteiger partial charge in [0.25, 0.3) is 0 Å². The van der Waals surface area contributed by atoms with Gasteiger partial charge >= 0.3 is 0 Å². The van der Waals surface area contributed by atoms with E-state index in [0.29, 0.717) is 0 Å². The molecule has 0 bridgehead atoms. The van der Waals surface area contributed by atoms with Crippen LogP contribution in [-0.4, -0.2) is 5.78 Å². The lowest BCUT2D eigenvalue weighted by molar-refractivity contribution is 0.101. The van der Waals surface area contributed by atoms with E-state index >= 15 is 0 Å². The van der Waals surface area contributed by atoms with Gasteiger partial charge in [0.2, 0.25) is 0 Å². The van der Waals surface area contributed by atoms with Crippen molar-refractivity contribution in [2.45, 2.75) is 19.8 Å². The molecule has 3 aromatic rings. The Kier molecular flexibility index (Phi) is 2.68. The number of hydrogen-bond acceptors (Lipinski definition) is 1. The lowest BCUT2D eigenvalue weighted by Crippen LogP contribution is -1.92. The molecule has 0 saturated carbocycles. The first kappa shape index (κ1) is 12.3. The van der Waals surface area contributed by atoms with Crippen LogP contribution in [0.25, 0.3) is 21.9 Å². The molecule has 1 aliphatic carbocycles. The maximum absolute atomic E-state index is 11.6. The summed E-state index contributed by atoms with van der Waals surface area (Å²) in [6.45, 7) is 1.62. The minimum atomic E-state index is 0.114. The van der Waals surface area contributed by atoms with Gasteiger partial charge in [0.15, 0.2) is 5.78 Å². The standard InChI is InChI=1S/C20H16O/c1-13(21)16-5-2-6-17(12-16)18-11-10-15-9-8-14-4-3-7-19(18)20(14)15/h2-7,10-12H,8-9H2,1H3. The minimum absolute atomic E-state index is 0.114. The summed E-state index contributed by atoms with van der Waals surface area (Å²) in [5, 5.41) is 2.73. The molecule has 21 heavy (non-hydrogen) atoms. The molecule has 102 valence electrons. The van der Waals surface area contributed by atoms with E-state index in [1.165, 1.54) is 27.5 Å². The molecule has 1 aliphatic rings. The number of carbonyl (C=O) groups is 1. The third-order valence-electron chi connectivity index (χ3n) is 4.46. The van der Waals surface area contributed by atoms with Crippen LogP contribution in [0.2, 0.25) is 0 Å². The van der Waals surface area contributed by atoms with E-state index in [9.17, 15) is 4.79 Å². The van der Waals surface area contributed by atoms with E-state index in [0.717, 1.165) is 24.0 Å². The number of benzene rings is 3. The Morgan fingerprint density at radius 2 is 1.67 bits per heavy atom. The molecule has 0 amide bonds. The predicted molar refractivity (Wildman–Crippen MR) is 86.8 cm³/mol. The second kappa shape index (κ2) is 4.56. The first-order valence-corrected chi connectivity index (χ1v) is 7.39. The molecule has 0 atom stereocenters. The van der Waals surface area contributed by atoms with Crippen LogP contribution in [0.15, 0.2) is 54.6 Å². The highest BCUT2D eigenvalue weighted by Gasteiger charge is 2.16. The Hall–Kier alpha value is -2.41. The molecular weight excluding hydrogens is 256 g/mol. The fourth-order valence-electron chi connectivity index (χ4n) is 3.40. The molecule has 0 unspecified atom stereocenters. The van der Waals surface area contributed by atoms with E-state index in [1.807, 2.05) is 18.2 Å².